The fraction of sp³-hybridized carbons (Fsp3) is 0.333. The molecule has 0 aromatic heterocycles. The Morgan fingerprint density at radius 3 is 2.57 bits per heavy atom. The van der Waals surface area contributed by atoms with Crippen LogP contribution in [0.2, 0.25) is 0 Å². The molecule has 1 fully saturated rings. The molecule has 1 aliphatic heterocycles. The van der Waals surface area contributed by atoms with Gasteiger partial charge in [0.05, 0.1) is 6.04 Å². The number of halogens is 2. The van der Waals surface area contributed by atoms with E-state index in [4.69, 9.17) is 0 Å². The lowest BCUT2D eigenvalue weighted by Gasteiger charge is -2.19. The van der Waals surface area contributed by atoms with Crippen molar-refractivity contribution in [3.8, 4) is 0 Å². The zero-order chi connectivity index (χ0) is 20.1. The van der Waals surface area contributed by atoms with E-state index in [2.05, 4.69) is 10.6 Å². The smallest absolute Gasteiger partial charge is 0.315 e. The highest BCUT2D eigenvalue weighted by Crippen LogP contribution is 2.18. The molecule has 2 N–H and O–H groups in total. The molecule has 3 rings (SSSR count). The van der Waals surface area contributed by atoms with Crippen LogP contribution in [0.3, 0.4) is 0 Å². The normalized spacial score (nSPS) is 14.8. The highest BCUT2D eigenvalue weighted by atomic mass is 19.2. The number of carbonyl (C=O) groups is 2. The van der Waals surface area contributed by atoms with Crippen LogP contribution in [0.25, 0.3) is 0 Å². The van der Waals surface area contributed by atoms with Gasteiger partial charge in [0.1, 0.15) is 0 Å². The lowest BCUT2D eigenvalue weighted by molar-refractivity contribution is -0.128. The summed E-state index contributed by atoms with van der Waals surface area (Å²) >= 11 is 0. The second kappa shape index (κ2) is 8.82. The zero-order valence-electron chi connectivity index (χ0n) is 15.7. The minimum Gasteiger partial charge on any atom is -0.338 e. The minimum atomic E-state index is -0.947. The van der Waals surface area contributed by atoms with Gasteiger partial charge in [-0.2, -0.15) is 0 Å². The number of nitrogens with zero attached hydrogens (tertiary/aromatic N) is 1. The van der Waals surface area contributed by atoms with E-state index in [1.807, 2.05) is 29.2 Å². The third kappa shape index (κ3) is 4.85. The Hall–Kier alpha value is -2.96. The number of rotatable bonds is 6. The van der Waals surface area contributed by atoms with Crippen molar-refractivity contribution in [3.63, 3.8) is 0 Å². The van der Waals surface area contributed by atoms with Crippen molar-refractivity contribution < 1.29 is 18.4 Å². The third-order valence-electron chi connectivity index (χ3n) is 4.88. The van der Waals surface area contributed by atoms with Gasteiger partial charge in [0, 0.05) is 26.1 Å². The number of carbonyl (C=O) groups excluding carboxylic acids is 2. The summed E-state index contributed by atoms with van der Waals surface area (Å²) in [6.07, 6.45) is 1.47. The van der Waals surface area contributed by atoms with Crippen LogP contribution in [0.5, 0.6) is 0 Å². The van der Waals surface area contributed by atoms with Gasteiger partial charge in [-0.25, -0.2) is 13.6 Å². The first-order valence-electron chi connectivity index (χ1n) is 9.28. The van der Waals surface area contributed by atoms with Crippen LogP contribution in [-0.2, 0) is 17.9 Å². The highest BCUT2D eigenvalue weighted by Gasteiger charge is 2.21. The number of hydrogen-bond acceptors (Lipinski definition) is 2. The quantitative estimate of drug-likeness (QED) is 0.795. The standard InChI is InChI=1S/C21H23F2N3O2/c1-14(15-8-9-18(22)19(23)11-15)25-21(28)24-12-16-5-2-3-6-17(16)13-26-10-4-7-20(26)27/h2-3,5-6,8-9,11,14H,4,7,10,12-13H2,1H3,(H2,24,25,28)/t14-/m1/s1. The van der Waals surface area contributed by atoms with E-state index in [0.29, 0.717) is 25.1 Å². The number of urea groups is 1. The Morgan fingerprint density at radius 2 is 1.89 bits per heavy atom. The van der Waals surface area contributed by atoms with Crippen molar-refractivity contribution in [1.29, 1.82) is 0 Å². The maximum Gasteiger partial charge on any atom is 0.315 e. The van der Waals surface area contributed by atoms with Gasteiger partial charge in [-0.15, -0.1) is 0 Å². The van der Waals surface area contributed by atoms with Gasteiger partial charge in [-0.1, -0.05) is 30.3 Å². The summed E-state index contributed by atoms with van der Waals surface area (Å²) in [5.74, 6) is -1.72. The van der Waals surface area contributed by atoms with E-state index in [0.717, 1.165) is 36.2 Å². The molecule has 0 aliphatic carbocycles. The topological polar surface area (TPSA) is 61.4 Å². The molecule has 7 heteroatoms. The van der Waals surface area contributed by atoms with Crippen molar-refractivity contribution in [2.24, 2.45) is 0 Å². The average Bonchev–Trinajstić information content (AvgIpc) is 3.08. The van der Waals surface area contributed by atoms with E-state index < -0.39 is 23.7 Å². The summed E-state index contributed by atoms with van der Waals surface area (Å²) in [6.45, 7) is 3.28. The Morgan fingerprint density at radius 1 is 1.14 bits per heavy atom. The number of nitrogens with one attached hydrogen (secondary N) is 2. The van der Waals surface area contributed by atoms with Crippen molar-refractivity contribution in [2.75, 3.05) is 6.54 Å². The molecule has 0 unspecified atom stereocenters. The SMILES string of the molecule is C[C@@H](NC(=O)NCc1ccccc1CN1CCCC1=O)c1ccc(F)c(F)c1. The molecule has 3 amide bonds. The van der Waals surface area contributed by atoms with Crippen molar-refractivity contribution in [2.45, 2.75) is 38.9 Å². The molecule has 0 spiro atoms. The van der Waals surface area contributed by atoms with Crippen LogP contribution < -0.4 is 10.6 Å². The molecule has 1 atom stereocenters. The monoisotopic (exact) mass is 387 g/mol. The summed E-state index contributed by atoms with van der Waals surface area (Å²) in [7, 11) is 0. The maximum absolute atomic E-state index is 13.4. The first-order valence-corrected chi connectivity index (χ1v) is 9.28. The number of amides is 3. The Balaban J connectivity index is 1.57. The van der Waals surface area contributed by atoms with Crippen molar-refractivity contribution >= 4 is 11.9 Å². The van der Waals surface area contributed by atoms with Gasteiger partial charge in [0.15, 0.2) is 11.6 Å². The minimum absolute atomic E-state index is 0.154. The highest BCUT2D eigenvalue weighted by molar-refractivity contribution is 5.78. The predicted molar refractivity (Wildman–Crippen MR) is 101 cm³/mol. The summed E-state index contributed by atoms with van der Waals surface area (Å²) in [4.78, 5) is 25.9. The second-order valence-corrected chi connectivity index (χ2v) is 6.91. The first kappa shape index (κ1) is 19.8. The first-order chi connectivity index (χ1) is 13.4. The lowest BCUT2D eigenvalue weighted by atomic mass is 10.1. The Bertz CT molecular complexity index is 872. The lowest BCUT2D eigenvalue weighted by Crippen LogP contribution is -2.37. The number of hydrogen-bond donors (Lipinski definition) is 2. The fourth-order valence-corrected chi connectivity index (χ4v) is 3.25. The van der Waals surface area contributed by atoms with Gasteiger partial charge < -0.3 is 15.5 Å². The molecule has 0 saturated carbocycles. The second-order valence-electron chi connectivity index (χ2n) is 6.91. The van der Waals surface area contributed by atoms with Gasteiger partial charge in [-0.3, -0.25) is 4.79 Å². The van der Waals surface area contributed by atoms with Gasteiger partial charge >= 0.3 is 6.03 Å². The van der Waals surface area contributed by atoms with Crippen LogP contribution in [0.1, 0.15) is 42.5 Å². The van der Waals surface area contributed by atoms with E-state index in [1.54, 1.807) is 6.92 Å². The fourth-order valence-electron chi connectivity index (χ4n) is 3.25. The molecule has 5 nitrogen and oxygen atoms in total. The summed E-state index contributed by atoms with van der Waals surface area (Å²) in [6, 6.07) is 10.3. The molecule has 2 aromatic carbocycles. The molecular weight excluding hydrogens is 364 g/mol. The third-order valence-corrected chi connectivity index (χ3v) is 4.88. The maximum atomic E-state index is 13.4. The van der Waals surface area contributed by atoms with Gasteiger partial charge in [0.25, 0.3) is 0 Å². The van der Waals surface area contributed by atoms with Crippen LogP contribution in [0.15, 0.2) is 42.5 Å². The predicted octanol–water partition coefficient (Wildman–Crippen LogP) is 3.65. The molecular formula is C21H23F2N3O2. The Labute approximate surface area is 162 Å². The Kier molecular flexibility index (Phi) is 6.23. The summed E-state index contributed by atoms with van der Waals surface area (Å²) < 4.78 is 26.4. The van der Waals surface area contributed by atoms with Gasteiger partial charge in [0.2, 0.25) is 5.91 Å². The molecule has 1 heterocycles. The number of likely N-dealkylation sites (tertiary alicyclic amines) is 1. The summed E-state index contributed by atoms with van der Waals surface area (Å²) in [5.41, 5.74) is 2.39. The summed E-state index contributed by atoms with van der Waals surface area (Å²) in [5, 5.41) is 5.49. The number of benzene rings is 2. The van der Waals surface area contributed by atoms with E-state index in [9.17, 15) is 18.4 Å². The molecule has 0 bridgehead atoms. The van der Waals surface area contributed by atoms with Gasteiger partial charge in [-0.05, 0) is 42.2 Å². The molecule has 2 aromatic rings. The van der Waals surface area contributed by atoms with Crippen molar-refractivity contribution in [1.82, 2.24) is 15.5 Å². The van der Waals surface area contributed by atoms with E-state index in [1.165, 1.54) is 6.07 Å². The van der Waals surface area contributed by atoms with Crippen LogP contribution in [0, 0.1) is 11.6 Å². The zero-order valence-corrected chi connectivity index (χ0v) is 15.7. The molecule has 148 valence electrons. The van der Waals surface area contributed by atoms with Crippen LogP contribution in [-0.4, -0.2) is 23.4 Å². The van der Waals surface area contributed by atoms with Crippen LogP contribution in [0.4, 0.5) is 13.6 Å². The van der Waals surface area contributed by atoms with E-state index >= 15 is 0 Å². The van der Waals surface area contributed by atoms with Crippen molar-refractivity contribution in [3.05, 3.63) is 70.8 Å². The largest absolute Gasteiger partial charge is 0.338 e. The molecule has 1 saturated heterocycles. The van der Waals surface area contributed by atoms with Crippen LogP contribution >= 0.6 is 0 Å². The molecule has 28 heavy (non-hydrogen) atoms. The van der Waals surface area contributed by atoms with E-state index in [-0.39, 0.29) is 5.91 Å². The molecule has 1 aliphatic rings. The average molecular weight is 387 g/mol. The molecule has 0 radical (unpaired) electrons.